The van der Waals surface area contributed by atoms with Crippen LogP contribution in [0.5, 0.6) is 0 Å². The van der Waals surface area contributed by atoms with Gasteiger partial charge in [0, 0.05) is 7.11 Å². The second-order valence-corrected chi connectivity index (χ2v) is 6.11. The Bertz CT molecular complexity index is 402. The van der Waals surface area contributed by atoms with E-state index in [4.69, 9.17) is 15.0 Å². The van der Waals surface area contributed by atoms with Gasteiger partial charge >= 0.3 is 0 Å². The van der Waals surface area contributed by atoms with E-state index in [0.717, 1.165) is 25.7 Å². The summed E-state index contributed by atoms with van der Waals surface area (Å²) in [6.45, 7) is 6.41. The molecule has 5 heteroatoms. The van der Waals surface area contributed by atoms with Crippen molar-refractivity contribution < 1.29 is 9.26 Å². The van der Waals surface area contributed by atoms with Crippen LogP contribution < -0.4 is 5.73 Å². The number of methoxy groups -OCH3 is 1. The lowest BCUT2D eigenvalue weighted by molar-refractivity contribution is -0.0740. The molecule has 0 aliphatic heterocycles. The lowest BCUT2D eigenvalue weighted by atomic mass is 9.70. The van der Waals surface area contributed by atoms with Crippen molar-refractivity contribution in [2.75, 3.05) is 7.11 Å². The van der Waals surface area contributed by atoms with Crippen molar-refractivity contribution >= 4 is 0 Å². The van der Waals surface area contributed by atoms with Gasteiger partial charge in [0.25, 0.3) is 0 Å². The first-order valence-electron chi connectivity index (χ1n) is 6.53. The van der Waals surface area contributed by atoms with Crippen LogP contribution in [0, 0.1) is 5.41 Å². The van der Waals surface area contributed by atoms with Crippen molar-refractivity contribution in [3.05, 3.63) is 11.7 Å². The Labute approximate surface area is 108 Å². The van der Waals surface area contributed by atoms with Crippen LogP contribution in [0.15, 0.2) is 4.52 Å². The summed E-state index contributed by atoms with van der Waals surface area (Å²) in [5, 5.41) is 4.06. The van der Waals surface area contributed by atoms with Crippen molar-refractivity contribution in [3.63, 3.8) is 0 Å². The molecule has 0 radical (unpaired) electrons. The molecule has 1 aromatic heterocycles. The number of nitrogens with zero attached hydrogens (tertiary/aromatic N) is 2. The van der Waals surface area contributed by atoms with E-state index in [2.05, 4.69) is 24.0 Å². The first-order valence-corrected chi connectivity index (χ1v) is 6.53. The third-order valence-electron chi connectivity index (χ3n) is 4.04. The highest BCUT2D eigenvalue weighted by molar-refractivity contribution is 5.06. The van der Waals surface area contributed by atoms with Crippen LogP contribution in [0.4, 0.5) is 0 Å². The minimum Gasteiger partial charge on any atom is -0.370 e. The number of ether oxygens (including phenoxy) is 1. The largest absolute Gasteiger partial charge is 0.370 e. The highest BCUT2D eigenvalue weighted by Crippen LogP contribution is 2.46. The van der Waals surface area contributed by atoms with Gasteiger partial charge in [-0.05, 0) is 38.0 Å². The van der Waals surface area contributed by atoms with E-state index >= 15 is 0 Å². The fourth-order valence-corrected chi connectivity index (χ4v) is 2.45. The van der Waals surface area contributed by atoms with Crippen molar-refractivity contribution in [2.24, 2.45) is 11.1 Å². The Balaban J connectivity index is 2.22. The third kappa shape index (κ3) is 2.42. The van der Waals surface area contributed by atoms with E-state index in [9.17, 15) is 0 Å². The number of aromatic nitrogens is 2. The van der Waals surface area contributed by atoms with Gasteiger partial charge in [-0.3, -0.25) is 0 Å². The van der Waals surface area contributed by atoms with E-state index in [1.165, 1.54) is 0 Å². The number of hydrogen-bond donors (Lipinski definition) is 1. The molecule has 0 spiro atoms. The maximum Gasteiger partial charge on any atom is 0.243 e. The molecule has 1 aliphatic carbocycles. The van der Waals surface area contributed by atoms with E-state index in [1.807, 2.05) is 6.92 Å². The summed E-state index contributed by atoms with van der Waals surface area (Å²) in [5.41, 5.74) is 5.72. The Hall–Kier alpha value is -0.940. The normalized spacial score (nSPS) is 23.8. The van der Waals surface area contributed by atoms with Crippen LogP contribution in [0.2, 0.25) is 0 Å². The molecule has 0 bridgehead atoms. The molecular weight excluding hydrogens is 230 g/mol. The zero-order valence-electron chi connectivity index (χ0n) is 11.7. The van der Waals surface area contributed by atoms with Gasteiger partial charge < -0.3 is 15.0 Å². The fourth-order valence-electron chi connectivity index (χ4n) is 2.45. The molecule has 1 heterocycles. The van der Waals surface area contributed by atoms with Gasteiger partial charge in [-0.15, -0.1) is 0 Å². The maximum absolute atomic E-state index is 5.75. The summed E-state index contributed by atoms with van der Waals surface area (Å²) in [7, 11) is 1.72. The van der Waals surface area contributed by atoms with Crippen LogP contribution in [0.25, 0.3) is 0 Å². The second-order valence-electron chi connectivity index (χ2n) is 6.11. The second kappa shape index (κ2) is 4.63. The minimum absolute atomic E-state index is 0.236. The molecule has 5 nitrogen and oxygen atoms in total. The zero-order valence-corrected chi connectivity index (χ0v) is 11.7. The summed E-state index contributed by atoms with van der Waals surface area (Å²) in [6, 6.07) is -0.236. The monoisotopic (exact) mass is 253 g/mol. The van der Waals surface area contributed by atoms with Crippen LogP contribution in [0.1, 0.15) is 64.2 Å². The quantitative estimate of drug-likeness (QED) is 0.896. The van der Waals surface area contributed by atoms with Gasteiger partial charge in [0.1, 0.15) is 5.60 Å². The first kappa shape index (κ1) is 13.5. The van der Waals surface area contributed by atoms with Crippen LogP contribution in [-0.2, 0) is 10.3 Å². The van der Waals surface area contributed by atoms with Crippen molar-refractivity contribution in [3.8, 4) is 0 Å². The Morgan fingerprint density at radius 2 is 1.89 bits per heavy atom. The van der Waals surface area contributed by atoms with Gasteiger partial charge in [-0.2, -0.15) is 4.98 Å². The number of rotatable bonds is 3. The molecule has 0 saturated heterocycles. The SMILES string of the molecule is COC1(c2noc(C(C)N)n2)CCC(C)(C)CC1. The summed E-state index contributed by atoms with van der Waals surface area (Å²) in [5.74, 6) is 1.12. The molecule has 0 amide bonds. The third-order valence-corrected chi connectivity index (χ3v) is 4.04. The van der Waals surface area contributed by atoms with Crippen molar-refractivity contribution in [2.45, 2.75) is 58.1 Å². The van der Waals surface area contributed by atoms with Gasteiger partial charge in [-0.25, -0.2) is 0 Å². The molecule has 1 unspecified atom stereocenters. The number of hydrogen-bond acceptors (Lipinski definition) is 5. The molecule has 1 aromatic rings. The average molecular weight is 253 g/mol. The predicted octanol–water partition coefficient (Wildman–Crippen LogP) is 2.53. The van der Waals surface area contributed by atoms with Crippen LogP contribution in [-0.4, -0.2) is 17.3 Å². The number of nitrogens with two attached hydrogens (primary N) is 1. The topological polar surface area (TPSA) is 74.2 Å². The van der Waals surface area contributed by atoms with Crippen LogP contribution in [0.3, 0.4) is 0 Å². The van der Waals surface area contributed by atoms with Gasteiger partial charge in [0.15, 0.2) is 0 Å². The van der Waals surface area contributed by atoms with E-state index in [1.54, 1.807) is 7.11 Å². The van der Waals surface area contributed by atoms with Crippen molar-refractivity contribution in [1.82, 2.24) is 10.1 Å². The lowest BCUT2D eigenvalue weighted by Gasteiger charge is -2.40. The summed E-state index contributed by atoms with van der Waals surface area (Å²) in [6.07, 6.45) is 4.05. The minimum atomic E-state index is -0.397. The molecule has 1 fully saturated rings. The zero-order chi connectivity index (χ0) is 13.4. The molecule has 2 N–H and O–H groups in total. The molecule has 1 atom stereocenters. The molecule has 2 rings (SSSR count). The molecule has 0 aromatic carbocycles. The summed E-state index contributed by atoms with van der Waals surface area (Å²) < 4.78 is 10.9. The van der Waals surface area contributed by atoms with Gasteiger partial charge in [-0.1, -0.05) is 19.0 Å². The molecule has 1 saturated carbocycles. The lowest BCUT2D eigenvalue weighted by Crippen LogP contribution is -2.37. The smallest absolute Gasteiger partial charge is 0.243 e. The fraction of sp³-hybridized carbons (Fsp3) is 0.846. The first-order chi connectivity index (χ1) is 8.38. The predicted molar refractivity (Wildman–Crippen MR) is 67.8 cm³/mol. The van der Waals surface area contributed by atoms with E-state index in [-0.39, 0.29) is 6.04 Å². The average Bonchev–Trinajstić information content (AvgIpc) is 2.80. The Morgan fingerprint density at radius 3 is 2.33 bits per heavy atom. The highest BCUT2D eigenvalue weighted by atomic mass is 16.5. The van der Waals surface area contributed by atoms with Gasteiger partial charge in [0.2, 0.25) is 11.7 Å². The van der Waals surface area contributed by atoms with E-state index < -0.39 is 5.60 Å². The highest BCUT2D eigenvalue weighted by Gasteiger charge is 2.43. The van der Waals surface area contributed by atoms with Crippen LogP contribution >= 0.6 is 0 Å². The maximum atomic E-state index is 5.75. The Kier molecular flexibility index (Phi) is 3.47. The molecule has 1 aliphatic rings. The molecule has 102 valence electrons. The summed E-state index contributed by atoms with van der Waals surface area (Å²) in [4.78, 5) is 4.40. The molecule has 18 heavy (non-hydrogen) atoms. The Morgan fingerprint density at radius 1 is 1.28 bits per heavy atom. The van der Waals surface area contributed by atoms with Crippen molar-refractivity contribution in [1.29, 1.82) is 0 Å². The summed E-state index contributed by atoms with van der Waals surface area (Å²) >= 11 is 0. The molecular formula is C13H23N3O2. The van der Waals surface area contributed by atoms with E-state index in [0.29, 0.717) is 17.1 Å². The van der Waals surface area contributed by atoms with Gasteiger partial charge in [0.05, 0.1) is 6.04 Å². The standard InChI is InChI=1S/C13H23N3O2/c1-9(14)10-15-11(16-18-10)13(17-4)7-5-12(2,3)6-8-13/h9H,5-8,14H2,1-4H3.